The number of hydrogen-bond acceptors (Lipinski definition) is 5. The number of halogens is 1. The Kier molecular flexibility index (Phi) is 3.76. The first-order valence-electron chi connectivity index (χ1n) is 5.27. The molecule has 1 aromatic heterocycles. The van der Waals surface area contributed by atoms with Crippen LogP contribution in [-0.4, -0.2) is 41.1 Å². The molecule has 4 nitrogen and oxygen atoms in total. The normalized spacial score (nSPS) is 20.9. The number of rotatable bonds is 2. The second-order valence-corrected chi connectivity index (χ2v) is 5.70. The van der Waals surface area contributed by atoms with Crippen molar-refractivity contribution in [2.45, 2.75) is 12.2 Å². The summed E-state index contributed by atoms with van der Waals surface area (Å²) in [6.07, 6.45) is 1.65. The SMILES string of the molecule is CNc1ncc(Cl)c(N2CCSC(C)C2)n1. The zero-order valence-electron chi connectivity index (χ0n) is 9.40. The largest absolute Gasteiger partial charge is 0.357 e. The van der Waals surface area contributed by atoms with Gasteiger partial charge >= 0.3 is 0 Å². The molecule has 0 amide bonds. The molecule has 1 N–H and O–H groups in total. The summed E-state index contributed by atoms with van der Waals surface area (Å²) in [6, 6.07) is 0. The van der Waals surface area contributed by atoms with Gasteiger partial charge in [0.2, 0.25) is 5.95 Å². The van der Waals surface area contributed by atoms with E-state index < -0.39 is 0 Å². The molecule has 0 radical (unpaired) electrons. The quantitative estimate of drug-likeness (QED) is 0.880. The molecule has 1 unspecified atom stereocenters. The molecular weight excluding hydrogens is 244 g/mol. The van der Waals surface area contributed by atoms with Crippen LogP contribution in [0.5, 0.6) is 0 Å². The summed E-state index contributed by atoms with van der Waals surface area (Å²) in [5, 5.41) is 4.18. The van der Waals surface area contributed by atoms with E-state index in [1.807, 2.05) is 18.8 Å². The molecule has 88 valence electrons. The maximum absolute atomic E-state index is 6.13. The van der Waals surface area contributed by atoms with E-state index >= 15 is 0 Å². The first-order valence-corrected chi connectivity index (χ1v) is 6.70. The Morgan fingerprint density at radius 3 is 3.12 bits per heavy atom. The minimum Gasteiger partial charge on any atom is -0.357 e. The lowest BCUT2D eigenvalue weighted by atomic mass is 10.3. The predicted octanol–water partition coefficient (Wildman–Crippen LogP) is 2.11. The van der Waals surface area contributed by atoms with Gasteiger partial charge in [-0.25, -0.2) is 4.98 Å². The summed E-state index contributed by atoms with van der Waals surface area (Å²) in [7, 11) is 1.81. The summed E-state index contributed by atoms with van der Waals surface area (Å²) >= 11 is 8.12. The van der Waals surface area contributed by atoms with Gasteiger partial charge in [0.15, 0.2) is 5.82 Å². The van der Waals surface area contributed by atoms with Crippen molar-refractivity contribution in [1.29, 1.82) is 0 Å². The zero-order chi connectivity index (χ0) is 11.5. The standard InChI is InChI=1S/C10H15ClN4S/c1-7-6-15(3-4-16-7)9-8(11)5-13-10(12-2)14-9/h5,7H,3-4,6H2,1-2H3,(H,12,13,14). The minimum atomic E-state index is 0.616. The van der Waals surface area contributed by atoms with Gasteiger partial charge in [0, 0.05) is 31.1 Å². The summed E-state index contributed by atoms with van der Waals surface area (Å²) < 4.78 is 0. The van der Waals surface area contributed by atoms with Gasteiger partial charge < -0.3 is 10.2 Å². The average Bonchev–Trinajstić information content (AvgIpc) is 2.30. The number of nitrogens with one attached hydrogen (secondary N) is 1. The molecule has 0 bridgehead atoms. The molecule has 1 aliphatic heterocycles. The zero-order valence-corrected chi connectivity index (χ0v) is 11.0. The third kappa shape index (κ3) is 2.52. The fourth-order valence-corrected chi connectivity index (χ4v) is 2.94. The summed E-state index contributed by atoms with van der Waals surface area (Å²) in [4.78, 5) is 10.7. The van der Waals surface area contributed by atoms with Gasteiger partial charge in [-0.3, -0.25) is 0 Å². The number of hydrogen-bond donors (Lipinski definition) is 1. The fraction of sp³-hybridized carbons (Fsp3) is 0.600. The topological polar surface area (TPSA) is 41.1 Å². The molecular formula is C10H15ClN4S. The van der Waals surface area contributed by atoms with Gasteiger partial charge in [-0.2, -0.15) is 16.7 Å². The Morgan fingerprint density at radius 1 is 1.62 bits per heavy atom. The predicted molar refractivity (Wildman–Crippen MR) is 70.7 cm³/mol. The van der Waals surface area contributed by atoms with Crippen LogP contribution >= 0.6 is 23.4 Å². The molecule has 16 heavy (non-hydrogen) atoms. The molecule has 0 saturated carbocycles. The van der Waals surface area contributed by atoms with Crippen molar-refractivity contribution in [3.05, 3.63) is 11.2 Å². The lowest BCUT2D eigenvalue weighted by Gasteiger charge is -2.31. The van der Waals surface area contributed by atoms with Crippen molar-refractivity contribution in [2.24, 2.45) is 0 Å². The molecule has 2 rings (SSSR count). The molecule has 2 heterocycles. The first kappa shape index (κ1) is 11.8. The molecule has 6 heteroatoms. The van der Waals surface area contributed by atoms with E-state index in [2.05, 4.69) is 27.1 Å². The highest BCUT2D eigenvalue weighted by Crippen LogP contribution is 2.28. The Morgan fingerprint density at radius 2 is 2.44 bits per heavy atom. The van der Waals surface area contributed by atoms with Crippen LogP contribution in [0.4, 0.5) is 11.8 Å². The molecule has 1 fully saturated rings. The van der Waals surface area contributed by atoms with Crippen molar-refractivity contribution in [3.63, 3.8) is 0 Å². The Labute approximate surface area is 105 Å². The fourth-order valence-electron chi connectivity index (χ4n) is 1.71. The molecule has 0 spiro atoms. The van der Waals surface area contributed by atoms with Crippen LogP contribution in [0, 0.1) is 0 Å². The lowest BCUT2D eigenvalue weighted by molar-refractivity contribution is 0.769. The Bertz CT molecular complexity index is 374. The van der Waals surface area contributed by atoms with Crippen LogP contribution in [0.2, 0.25) is 5.02 Å². The van der Waals surface area contributed by atoms with Crippen molar-refractivity contribution in [1.82, 2.24) is 9.97 Å². The van der Waals surface area contributed by atoms with Gasteiger partial charge in [0.05, 0.1) is 6.20 Å². The van der Waals surface area contributed by atoms with Crippen LogP contribution in [-0.2, 0) is 0 Å². The van der Waals surface area contributed by atoms with E-state index in [9.17, 15) is 0 Å². The van der Waals surface area contributed by atoms with E-state index in [4.69, 9.17) is 11.6 Å². The van der Waals surface area contributed by atoms with Crippen LogP contribution in [0.3, 0.4) is 0 Å². The third-order valence-corrected chi connectivity index (χ3v) is 3.89. The lowest BCUT2D eigenvalue weighted by Crippen LogP contribution is -2.37. The monoisotopic (exact) mass is 258 g/mol. The molecule has 0 aliphatic carbocycles. The van der Waals surface area contributed by atoms with Crippen molar-refractivity contribution in [3.8, 4) is 0 Å². The summed E-state index contributed by atoms with van der Waals surface area (Å²) in [5.41, 5.74) is 0. The van der Waals surface area contributed by atoms with E-state index in [-0.39, 0.29) is 0 Å². The van der Waals surface area contributed by atoms with E-state index in [0.29, 0.717) is 16.2 Å². The molecule has 1 atom stereocenters. The van der Waals surface area contributed by atoms with Crippen LogP contribution in [0.15, 0.2) is 6.20 Å². The van der Waals surface area contributed by atoms with Gasteiger partial charge in [-0.15, -0.1) is 0 Å². The van der Waals surface area contributed by atoms with Gasteiger partial charge in [-0.05, 0) is 0 Å². The summed E-state index contributed by atoms with van der Waals surface area (Å²) in [6.45, 7) is 4.21. The van der Waals surface area contributed by atoms with Crippen LogP contribution < -0.4 is 10.2 Å². The molecule has 0 aromatic carbocycles. The molecule has 1 saturated heterocycles. The smallest absolute Gasteiger partial charge is 0.224 e. The highest BCUT2D eigenvalue weighted by molar-refractivity contribution is 8.00. The Balaban J connectivity index is 2.24. The van der Waals surface area contributed by atoms with Crippen LogP contribution in [0.1, 0.15) is 6.92 Å². The second-order valence-electron chi connectivity index (χ2n) is 3.74. The summed E-state index contributed by atoms with van der Waals surface area (Å²) in [5.74, 6) is 2.58. The van der Waals surface area contributed by atoms with Gasteiger partial charge in [0.25, 0.3) is 0 Å². The van der Waals surface area contributed by atoms with Crippen molar-refractivity contribution >= 4 is 35.1 Å². The number of anilines is 2. The van der Waals surface area contributed by atoms with Gasteiger partial charge in [0.1, 0.15) is 5.02 Å². The van der Waals surface area contributed by atoms with E-state index in [1.54, 1.807) is 6.20 Å². The number of thioether (sulfide) groups is 1. The van der Waals surface area contributed by atoms with E-state index in [1.165, 1.54) is 0 Å². The number of nitrogens with zero attached hydrogens (tertiary/aromatic N) is 3. The maximum atomic E-state index is 6.13. The number of aromatic nitrogens is 2. The van der Waals surface area contributed by atoms with Crippen LogP contribution in [0.25, 0.3) is 0 Å². The van der Waals surface area contributed by atoms with E-state index in [0.717, 1.165) is 24.7 Å². The third-order valence-electron chi connectivity index (χ3n) is 2.49. The minimum absolute atomic E-state index is 0.616. The van der Waals surface area contributed by atoms with Crippen molar-refractivity contribution in [2.75, 3.05) is 36.1 Å². The molecule has 1 aromatic rings. The first-order chi connectivity index (χ1) is 7.70. The molecule has 1 aliphatic rings. The highest BCUT2D eigenvalue weighted by atomic mass is 35.5. The second kappa shape index (κ2) is 5.10. The maximum Gasteiger partial charge on any atom is 0.224 e. The van der Waals surface area contributed by atoms with Crippen molar-refractivity contribution < 1.29 is 0 Å². The van der Waals surface area contributed by atoms with Gasteiger partial charge in [-0.1, -0.05) is 18.5 Å². The average molecular weight is 259 g/mol. The highest BCUT2D eigenvalue weighted by Gasteiger charge is 2.20. The Hall–Kier alpha value is -0.680.